The molecule has 0 fully saturated rings. The predicted molar refractivity (Wildman–Crippen MR) is 140 cm³/mol. The number of carbonyl (C=O) groups excluding carboxylic acids is 1. The van der Waals surface area contributed by atoms with Crippen LogP contribution < -0.4 is 15.9 Å². The molecule has 0 aromatic heterocycles. The Labute approximate surface area is 197 Å². The van der Waals surface area contributed by atoms with E-state index in [0.29, 0.717) is 0 Å². The van der Waals surface area contributed by atoms with E-state index in [-0.39, 0.29) is 12.6 Å². The van der Waals surface area contributed by atoms with Gasteiger partial charge in [-0.1, -0.05) is 0 Å². The van der Waals surface area contributed by atoms with Crippen LogP contribution in [-0.4, -0.2) is 11.6 Å². The summed E-state index contributed by atoms with van der Waals surface area (Å²) < 4.78 is 5.89. The molecule has 0 aliphatic heterocycles. The molecule has 0 spiro atoms. The van der Waals surface area contributed by atoms with Gasteiger partial charge in [-0.25, -0.2) is 0 Å². The fraction of sp³-hybridized carbons (Fsp3) is 0.107. The van der Waals surface area contributed by atoms with Crippen molar-refractivity contribution in [3.63, 3.8) is 0 Å². The van der Waals surface area contributed by atoms with E-state index < -0.39 is 11.0 Å². The Balaban J connectivity index is 1.90. The molecule has 0 heterocycles. The van der Waals surface area contributed by atoms with E-state index in [1.165, 1.54) is 0 Å². The van der Waals surface area contributed by atoms with Crippen molar-refractivity contribution in [3.8, 4) is 0 Å². The van der Waals surface area contributed by atoms with Crippen LogP contribution in [0.5, 0.6) is 0 Å². The molecule has 0 saturated heterocycles. The van der Waals surface area contributed by atoms with Gasteiger partial charge in [-0.3, -0.25) is 0 Å². The summed E-state index contributed by atoms with van der Waals surface area (Å²) >= 11 is 4.34. The first-order valence-corrected chi connectivity index (χ1v) is 15.0. The molecule has 0 aliphatic carbocycles. The van der Waals surface area contributed by atoms with Crippen molar-refractivity contribution < 1.29 is 9.53 Å². The summed E-state index contributed by atoms with van der Waals surface area (Å²) in [5, 5.41) is -0.121. The van der Waals surface area contributed by atoms with E-state index >= 15 is 0 Å². The second kappa shape index (κ2) is 9.40. The summed E-state index contributed by atoms with van der Waals surface area (Å²) in [4.78, 5) is 13.7. The number of esters is 1. The van der Waals surface area contributed by atoms with E-state index in [2.05, 4.69) is 51.9 Å². The first kappa shape index (κ1) is 22.5. The van der Waals surface area contributed by atoms with Gasteiger partial charge in [-0.15, -0.1) is 0 Å². The average molecular weight is 505 g/mol. The minimum absolute atomic E-state index is 0.222. The third-order valence-corrected chi connectivity index (χ3v) is 17.2. The molecule has 0 radical (unpaired) electrons. The average Bonchev–Trinajstić information content (AvgIpc) is 2.88. The van der Waals surface area contributed by atoms with Crippen molar-refractivity contribution >= 4 is 42.7 Å². The molecular formula is C28H26BrO2P. The SMILES string of the molecule is CC(C(=O)OCc1ccccc1)P(Br)(c1ccccc1)(c1ccccc1)c1ccccc1. The molecule has 162 valence electrons. The zero-order valence-corrected chi connectivity index (χ0v) is 20.5. The molecular weight excluding hydrogens is 479 g/mol. The van der Waals surface area contributed by atoms with E-state index in [4.69, 9.17) is 4.74 Å². The van der Waals surface area contributed by atoms with Crippen LogP contribution in [0.1, 0.15) is 12.5 Å². The zero-order chi connectivity index (χ0) is 22.5. The van der Waals surface area contributed by atoms with Gasteiger partial charge in [0.25, 0.3) is 0 Å². The fourth-order valence-corrected chi connectivity index (χ4v) is 11.9. The van der Waals surface area contributed by atoms with Gasteiger partial charge in [-0.2, -0.15) is 0 Å². The van der Waals surface area contributed by atoms with Crippen molar-refractivity contribution in [2.45, 2.75) is 19.2 Å². The van der Waals surface area contributed by atoms with Crippen LogP contribution in [0.25, 0.3) is 0 Å². The maximum absolute atomic E-state index is 13.7. The summed E-state index contributed by atoms with van der Waals surface area (Å²) in [6.45, 7) is 2.24. The summed E-state index contributed by atoms with van der Waals surface area (Å²) in [6.07, 6.45) is 0. The van der Waals surface area contributed by atoms with Crippen LogP contribution in [0.2, 0.25) is 0 Å². The van der Waals surface area contributed by atoms with Crippen LogP contribution >= 0.6 is 20.8 Å². The van der Waals surface area contributed by atoms with Gasteiger partial charge in [0.15, 0.2) is 0 Å². The Kier molecular flexibility index (Phi) is 6.60. The number of carbonyl (C=O) groups is 1. The summed E-state index contributed by atoms with van der Waals surface area (Å²) in [5.74, 6) is -0.222. The van der Waals surface area contributed by atoms with Crippen LogP contribution in [0.15, 0.2) is 121 Å². The molecule has 0 N–H and O–H groups in total. The van der Waals surface area contributed by atoms with E-state index in [1.54, 1.807) is 0 Å². The second-order valence-electron chi connectivity index (χ2n) is 7.85. The van der Waals surface area contributed by atoms with Crippen molar-refractivity contribution in [1.82, 2.24) is 0 Å². The Hall–Kier alpha value is -2.74. The standard InChI is InChI=1S/C28H26BrO2P/c1-23(28(30)31-22-24-14-6-2-7-15-24)32(29,25-16-8-3-9-17-25,26-18-10-4-11-19-26)27-20-12-5-13-21-27/h2-21,23H,22H2,1H3. The molecule has 1 unspecified atom stereocenters. The zero-order valence-electron chi connectivity index (χ0n) is 18.0. The van der Waals surface area contributed by atoms with Crippen LogP contribution in [0.3, 0.4) is 0 Å². The van der Waals surface area contributed by atoms with Crippen molar-refractivity contribution in [2.24, 2.45) is 0 Å². The van der Waals surface area contributed by atoms with Gasteiger partial charge in [0, 0.05) is 0 Å². The molecule has 2 nitrogen and oxygen atoms in total. The number of benzene rings is 4. The van der Waals surface area contributed by atoms with E-state index in [0.717, 1.165) is 21.5 Å². The molecule has 32 heavy (non-hydrogen) atoms. The van der Waals surface area contributed by atoms with Crippen LogP contribution in [-0.2, 0) is 16.1 Å². The Morgan fingerprint density at radius 1 is 0.688 bits per heavy atom. The molecule has 4 heteroatoms. The van der Waals surface area contributed by atoms with E-state index in [1.807, 2.05) is 91.9 Å². The monoisotopic (exact) mass is 504 g/mol. The summed E-state index contributed by atoms with van der Waals surface area (Å²) in [6, 6.07) is 40.7. The molecule has 0 saturated carbocycles. The molecule has 4 rings (SSSR count). The molecule has 0 amide bonds. The number of ether oxygens (including phenoxy) is 1. The van der Waals surface area contributed by atoms with Gasteiger partial charge in [0.1, 0.15) is 0 Å². The Morgan fingerprint density at radius 3 is 1.41 bits per heavy atom. The first-order chi connectivity index (χ1) is 15.6. The molecule has 1 atom stereocenters. The number of rotatable bonds is 7. The number of hydrogen-bond donors (Lipinski definition) is 0. The third kappa shape index (κ3) is 3.81. The number of hydrogen-bond acceptors (Lipinski definition) is 2. The van der Waals surface area contributed by atoms with Crippen LogP contribution in [0, 0.1) is 0 Å². The molecule has 4 aromatic rings. The summed E-state index contributed by atoms with van der Waals surface area (Å²) in [5.41, 5.74) is 0.527. The van der Waals surface area contributed by atoms with Crippen molar-refractivity contribution in [1.29, 1.82) is 0 Å². The number of halogens is 1. The van der Waals surface area contributed by atoms with Crippen molar-refractivity contribution in [2.75, 3.05) is 0 Å². The van der Waals surface area contributed by atoms with Gasteiger partial charge >= 0.3 is 198 Å². The fourth-order valence-electron chi connectivity index (χ4n) is 4.32. The van der Waals surface area contributed by atoms with Crippen LogP contribution in [0.4, 0.5) is 0 Å². The second-order valence-corrected chi connectivity index (χ2v) is 16.7. The van der Waals surface area contributed by atoms with Gasteiger partial charge < -0.3 is 0 Å². The van der Waals surface area contributed by atoms with Gasteiger partial charge in [0.2, 0.25) is 0 Å². The Morgan fingerprint density at radius 2 is 1.03 bits per heavy atom. The molecule has 0 bridgehead atoms. The third-order valence-electron chi connectivity index (χ3n) is 6.08. The van der Waals surface area contributed by atoms with Gasteiger partial charge in [-0.05, 0) is 0 Å². The predicted octanol–water partition coefficient (Wildman–Crippen LogP) is 5.96. The topological polar surface area (TPSA) is 26.3 Å². The first-order valence-electron chi connectivity index (χ1n) is 10.7. The van der Waals surface area contributed by atoms with Crippen molar-refractivity contribution in [3.05, 3.63) is 127 Å². The minimum atomic E-state index is -3.41. The summed E-state index contributed by atoms with van der Waals surface area (Å²) in [7, 11) is 0. The quantitative estimate of drug-likeness (QED) is 0.229. The van der Waals surface area contributed by atoms with Gasteiger partial charge in [0.05, 0.1) is 0 Å². The normalized spacial score (nSPS) is 13.5. The molecule has 0 aliphatic rings. The van der Waals surface area contributed by atoms with E-state index in [9.17, 15) is 4.79 Å². The Bertz CT molecular complexity index is 1070. The molecule has 4 aromatic carbocycles. The maximum atomic E-state index is 13.7.